The van der Waals surface area contributed by atoms with Crippen LogP contribution >= 0.6 is 0 Å². The monoisotopic (exact) mass is 274 g/mol. The Morgan fingerprint density at radius 2 is 2.10 bits per heavy atom. The van der Waals surface area contributed by atoms with Gasteiger partial charge >= 0.3 is 0 Å². The van der Waals surface area contributed by atoms with E-state index in [0.717, 1.165) is 44.0 Å². The van der Waals surface area contributed by atoms with Crippen molar-refractivity contribution in [1.29, 1.82) is 0 Å². The molecule has 2 saturated carbocycles. The van der Waals surface area contributed by atoms with E-state index in [1.54, 1.807) is 6.07 Å². The van der Waals surface area contributed by atoms with Gasteiger partial charge in [0.2, 0.25) is 0 Å². The molecule has 0 aromatic carbocycles. The van der Waals surface area contributed by atoms with Crippen molar-refractivity contribution in [1.82, 2.24) is 9.97 Å². The lowest BCUT2D eigenvalue weighted by Crippen LogP contribution is -2.38. The minimum atomic E-state index is -0.0175. The van der Waals surface area contributed by atoms with Gasteiger partial charge in [0.05, 0.1) is 0 Å². The predicted octanol–water partition coefficient (Wildman–Crippen LogP) is 1.21. The van der Waals surface area contributed by atoms with Crippen molar-refractivity contribution in [2.75, 3.05) is 18.0 Å². The van der Waals surface area contributed by atoms with Gasteiger partial charge in [-0.1, -0.05) is 6.42 Å². The second kappa shape index (κ2) is 4.58. The Balaban J connectivity index is 1.60. The molecule has 2 heterocycles. The molecule has 5 heteroatoms. The van der Waals surface area contributed by atoms with Crippen LogP contribution in [0, 0.1) is 11.8 Å². The summed E-state index contributed by atoms with van der Waals surface area (Å²) >= 11 is 0. The van der Waals surface area contributed by atoms with Gasteiger partial charge in [-0.3, -0.25) is 4.79 Å². The highest BCUT2D eigenvalue weighted by Crippen LogP contribution is 2.39. The lowest BCUT2D eigenvalue weighted by Gasteiger charge is -2.29. The van der Waals surface area contributed by atoms with Crippen molar-refractivity contribution in [3.05, 3.63) is 22.2 Å². The third-order valence-electron chi connectivity index (χ3n) is 5.19. The van der Waals surface area contributed by atoms with Crippen LogP contribution in [-0.2, 0) is 0 Å². The van der Waals surface area contributed by atoms with Crippen molar-refractivity contribution >= 4 is 5.82 Å². The molecule has 5 nitrogen and oxygen atoms in total. The number of nitrogens with two attached hydrogens (primary N) is 1. The summed E-state index contributed by atoms with van der Waals surface area (Å²) in [6.45, 7) is 1.98. The number of aromatic nitrogens is 2. The molecule has 3 aliphatic rings. The third kappa shape index (κ3) is 2.14. The fourth-order valence-corrected chi connectivity index (χ4v) is 3.88. The quantitative estimate of drug-likeness (QED) is 0.850. The summed E-state index contributed by atoms with van der Waals surface area (Å²) < 4.78 is 0. The molecule has 2 aliphatic carbocycles. The molecule has 1 aromatic rings. The SMILES string of the molecule is NC1CCCC2CN(c3cc(=O)[nH]c(C4CC4)n3)CC12. The number of fused-ring (bicyclic) bond motifs is 1. The zero-order valence-corrected chi connectivity index (χ0v) is 11.7. The van der Waals surface area contributed by atoms with Gasteiger partial charge in [0.15, 0.2) is 0 Å². The van der Waals surface area contributed by atoms with E-state index < -0.39 is 0 Å². The average Bonchev–Trinajstić information content (AvgIpc) is 3.18. The minimum Gasteiger partial charge on any atom is -0.356 e. The summed E-state index contributed by atoms with van der Waals surface area (Å²) in [6.07, 6.45) is 5.97. The number of hydrogen-bond acceptors (Lipinski definition) is 4. The number of anilines is 1. The summed E-state index contributed by atoms with van der Waals surface area (Å²) in [6, 6.07) is 1.97. The molecule has 4 rings (SSSR count). The molecule has 3 atom stereocenters. The van der Waals surface area contributed by atoms with Crippen LogP contribution in [0.1, 0.15) is 43.8 Å². The number of nitrogens with one attached hydrogen (secondary N) is 1. The molecule has 20 heavy (non-hydrogen) atoms. The first kappa shape index (κ1) is 12.4. The maximum absolute atomic E-state index is 11.8. The highest BCUT2D eigenvalue weighted by Gasteiger charge is 2.39. The van der Waals surface area contributed by atoms with Gasteiger partial charge in [0.1, 0.15) is 11.6 Å². The normalized spacial score (nSPS) is 33.2. The predicted molar refractivity (Wildman–Crippen MR) is 77.9 cm³/mol. The Kier molecular flexibility index (Phi) is 2.84. The number of nitrogens with zero attached hydrogens (tertiary/aromatic N) is 2. The minimum absolute atomic E-state index is 0.0175. The fraction of sp³-hybridized carbons (Fsp3) is 0.733. The largest absolute Gasteiger partial charge is 0.356 e. The first-order chi connectivity index (χ1) is 9.70. The molecule has 1 saturated heterocycles. The van der Waals surface area contributed by atoms with Crippen LogP contribution < -0.4 is 16.2 Å². The summed E-state index contributed by atoms with van der Waals surface area (Å²) in [5.74, 6) is 3.48. The van der Waals surface area contributed by atoms with Crippen molar-refractivity contribution < 1.29 is 0 Å². The van der Waals surface area contributed by atoms with Gasteiger partial charge in [-0.2, -0.15) is 0 Å². The Morgan fingerprint density at radius 1 is 1.25 bits per heavy atom. The van der Waals surface area contributed by atoms with Crippen molar-refractivity contribution in [3.8, 4) is 0 Å². The lowest BCUT2D eigenvalue weighted by atomic mass is 9.78. The molecular formula is C15H22N4O. The molecule has 0 bridgehead atoms. The highest BCUT2D eigenvalue weighted by atomic mass is 16.1. The maximum atomic E-state index is 11.8. The van der Waals surface area contributed by atoms with E-state index in [1.807, 2.05) is 0 Å². The average molecular weight is 274 g/mol. The van der Waals surface area contributed by atoms with Crippen LogP contribution in [0.4, 0.5) is 5.82 Å². The zero-order valence-electron chi connectivity index (χ0n) is 11.7. The van der Waals surface area contributed by atoms with E-state index >= 15 is 0 Å². The van der Waals surface area contributed by atoms with Crippen molar-refractivity contribution in [2.45, 2.75) is 44.1 Å². The molecule has 108 valence electrons. The standard InChI is InChI=1S/C15H22N4O/c16-12-3-1-2-10-7-19(8-11(10)12)13-6-14(20)18-15(17-13)9-4-5-9/h6,9-12H,1-5,7-8,16H2,(H,17,18,20). The Labute approximate surface area is 118 Å². The second-order valence-corrected chi connectivity index (χ2v) is 6.69. The third-order valence-corrected chi connectivity index (χ3v) is 5.19. The first-order valence-corrected chi connectivity index (χ1v) is 7.82. The van der Waals surface area contributed by atoms with E-state index in [1.165, 1.54) is 12.8 Å². The van der Waals surface area contributed by atoms with Crippen LogP contribution in [0.25, 0.3) is 0 Å². The van der Waals surface area contributed by atoms with Crippen LogP contribution in [0.15, 0.2) is 10.9 Å². The van der Waals surface area contributed by atoms with E-state index in [4.69, 9.17) is 10.7 Å². The van der Waals surface area contributed by atoms with Crippen LogP contribution in [0.2, 0.25) is 0 Å². The van der Waals surface area contributed by atoms with Gasteiger partial charge in [-0.25, -0.2) is 4.98 Å². The van der Waals surface area contributed by atoms with E-state index in [2.05, 4.69) is 9.88 Å². The van der Waals surface area contributed by atoms with Gasteiger partial charge in [0.25, 0.3) is 5.56 Å². The van der Waals surface area contributed by atoms with E-state index in [0.29, 0.717) is 23.8 Å². The van der Waals surface area contributed by atoms with Gasteiger partial charge < -0.3 is 15.6 Å². The second-order valence-electron chi connectivity index (χ2n) is 6.69. The molecule has 0 amide bonds. The summed E-state index contributed by atoms with van der Waals surface area (Å²) in [4.78, 5) is 21.7. The smallest absolute Gasteiger partial charge is 0.252 e. The van der Waals surface area contributed by atoms with Gasteiger partial charge in [-0.15, -0.1) is 0 Å². The van der Waals surface area contributed by atoms with Gasteiger partial charge in [-0.05, 0) is 37.5 Å². The Morgan fingerprint density at radius 3 is 2.85 bits per heavy atom. The van der Waals surface area contributed by atoms with E-state index in [-0.39, 0.29) is 5.56 Å². The zero-order chi connectivity index (χ0) is 13.7. The Hall–Kier alpha value is -1.36. The van der Waals surface area contributed by atoms with Crippen LogP contribution in [-0.4, -0.2) is 29.1 Å². The topological polar surface area (TPSA) is 75.0 Å². The molecule has 3 fully saturated rings. The molecule has 1 aliphatic heterocycles. The van der Waals surface area contributed by atoms with Gasteiger partial charge in [0, 0.05) is 31.1 Å². The van der Waals surface area contributed by atoms with Crippen molar-refractivity contribution in [2.24, 2.45) is 17.6 Å². The molecule has 0 radical (unpaired) electrons. The number of aromatic amines is 1. The number of rotatable bonds is 2. The lowest BCUT2D eigenvalue weighted by molar-refractivity contribution is 0.260. The molecule has 1 aromatic heterocycles. The fourth-order valence-electron chi connectivity index (χ4n) is 3.88. The summed E-state index contributed by atoms with van der Waals surface area (Å²) in [5.41, 5.74) is 6.25. The molecular weight excluding hydrogens is 252 g/mol. The first-order valence-electron chi connectivity index (χ1n) is 7.82. The summed E-state index contributed by atoms with van der Waals surface area (Å²) in [5, 5.41) is 0. The highest BCUT2D eigenvalue weighted by molar-refractivity contribution is 5.40. The number of hydrogen-bond donors (Lipinski definition) is 2. The summed E-state index contributed by atoms with van der Waals surface area (Å²) in [7, 11) is 0. The molecule has 3 unspecified atom stereocenters. The molecule has 0 spiro atoms. The van der Waals surface area contributed by atoms with Crippen LogP contribution in [0.5, 0.6) is 0 Å². The van der Waals surface area contributed by atoms with Crippen molar-refractivity contribution in [3.63, 3.8) is 0 Å². The van der Waals surface area contributed by atoms with E-state index in [9.17, 15) is 4.79 Å². The molecule has 3 N–H and O–H groups in total. The maximum Gasteiger partial charge on any atom is 0.252 e. The number of H-pyrrole nitrogens is 1. The Bertz CT molecular complexity index is 565. The van der Waals surface area contributed by atoms with Crippen LogP contribution in [0.3, 0.4) is 0 Å².